The van der Waals surface area contributed by atoms with Crippen LogP contribution in [-0.4, -0.2) is 45.3 Å². The topological polar surface area (TPSA) is 99.1 Å². The molecular weight excluding hydrogens is 437 g/mol. The molecule has 0 aromatic heterocycles. The Bertz CT molecular complexity index is 991. The highest BCUT2D eigenvalue weighted by atomic mass is 35.5. The fourth-order valence-corrected chi connectivity index (χ4v) is 4.26. The van der Waals surface area contributed by atoms with Gasteiger partial charge in [-0.05, 0) is 42.5 Å². The van der Waals surface area contributed by atoms with Crippen molar-refractivity contribution in [2.24, 2.45) is 4.99 Å². The van der Waals surface area contributed by atoms with E-state index in [-0.39, 0.29) is 23.8 Å². The lowest BCUT2D eigenvalue weighted by Gasteiger charge is -2.09. The fraction of sp³-hybridized carbons (Fsp3) is 0.158. The van der Waals surface area contributed by atoms with Gasteiger partial charge in [-0.15, -0.1) is 0 Å². The van der Waals surface area contributed by atoms with Gasteiger partial charge in [-0.1, -0.05) is 35.0 Å². The first-order valence-corrected chi connectivity index (χ1v) is 9.98. The number of aliphatic imine (C=N–C) groups is 1. The van der Waals surface area contributed by atoms with Crippen LogP contribution >= 0.6 is 35.0 Å². The van der Waals surface area contributed by atoms with Crippen molar-refractivity contribution in [3.05, 3.63) is 58.1 Å². The molecule has 0 radical (unpaired) electrons. The monoisotopic (exact) mass is 451 g/mol. The number of carboxylic acid groups (broad SMARTS) is 1. The summed E-state index contributed by atoms with van der Waals surface area (Å²) in [6.07, 6.45) is -0.0517. The van der Waals surface area contributed by atoms with Crippen LogP contribution in [0.4, 0.5) is 11.4 Å². The van der Waals surface area contributed by atoms with E-state index in [1.165, 1.54) is 40.9 Å². The number of halogens is 2. The van der Waals surface area contributed by atoms with Crippen LogP contribution in [0.2, 0.25) is 10.0 Å². The highest BCUT2D eigenvalue weighted by molar-refractivity contribution is 8.15. The first kappa shape index (κ1) is 21.2. The molecule has 1 unspecified atom stereocenters. The van der Waals surface area contributed by atoms with Crippen LogP contribution in [-0.2, 0) is 9.59 Å². The standard InChI is InChI=1S/C19H15Cl2N3O4S/c1-24-17(26)15(29-19(24)23-14-7-11(20)6-12(21)8-14)9-16(25)22-13-4-2-10(3-5-13)18(27)28/h2-8,15H,9H2,1H3,(H,22,25)(H,27,28). The minimum absolute atomic E-state index is 0.0517. The Balaban J connectivity index is 1.66. The van der Waals surface area contributed by atoms with E-state index < -0.39 is 11.2 Å². The number of carboxylic acids is 1. The molecule has 0 bridgehead atoms. The van der Waals surface area contributed by atoms with Gasteiger partial charge in [-0.3, -0.25) is 14.5 Å². The second kappa shape index (κ2) is 8.86. The summed E-state index contributed by atoms with van der Waals surface area (Å²) in [5.41, 5.74) is 1.08. The van der Waals surface area contributed by atoms with Crippen molar-refractivity contribution < 1.29 is 19.5 Å². The van der Waals surface area contributed by atoms with Crippen molar-refractivity contribution in [1.29, 1.82) is 0 Å². The van der Waals surface area contributed by atoms with Crippen LogP contribution in [0.15, 0.2) is 47.5 Å². The summed E-state index contributed by atoms with van der Waals surface area (Å²) in [7, 11) is 1.59. The molecule has 1 saturated heterocycles. The van der Waals surface area contributed by atoms with E-state index in [0.717, 1.165) is 0 Å². The van der Waals surface area contributed by atoms with Crippen LogP contribution < -0.4 is 5.32 Å². The average Bonchev–Trinajstić information content (AvgIpc) is 2.89. The number of amides is 2. The summed E-state index contributed by atoms with van der Waals surface area (Å²) in [5, 5.41) is 12.2. The van der Waals surface area contributed by atoms with Crippen molar-refractivity contribution in [3.8, 4) is 0 Å². The number of carbonyl (C=O) groups is 3. The van der Waals surface area contributed by atoms with Gasteiger partial charge >= 0.3 is 5.97 Å². The van der Waals surface area contributed by atoms with Gasteiger partial charge in [0.15, 0.2) is 5.17 Å². The smallest absolute Gasteiger partial charge is 0.335 e. The number of thioether (sulfide) groups is 1. The largest absolute Gasteiger partial charge is 0.478 e. The van der Waals surface area contributed by atoms with Gasteiger partial charge in [-0.25, -0.2) is 9.79 Å². The average molecular weight is 452 g/mol. The van der Waals surface area contributed by atoms with E-state index in [2.05, 4.69) is 10.3 Å². The molecule has 2 aromatic rings. The van der Waals surface area contributed by atoms with E-state index in [0.29, 0.717) is 26.6 Å². The van der Waals surface area contributed by atoms with Gasteiger partial charge in [0.2, 0.25) is 11.8 Å². The highest BCUT2D eigenvalue weighted by Gasteiger charge is 2.37. The second-order valence-electron chi connectivity index (χ2n) is 6.16. The highest BCUT2D eigenvalue weighted by Crippen LogP contribution is 2.32. The van der Waals surface area contributed by atoms with E-state index >= 15 is 0 Å². The normalized spacial score (nSPS) is 17.6. The first-order chi connectivity index (χ1) is 13.7. The Morgan fingerprint density at radius 3 is 2.38 bits per heavy atom. The molecule has 3 rings (SSSR count). The molecule has 29 heavy (non-hydrogen) atoms. The first-order valence-electron chi connectivity index (χ1n) is 8.35. The van der Waals surface area contributed by atoms with E-state index in [1.54, 1.807) is 25.2 Å². The Labute approximate surface area is 180 Å². The van der Waals surface area contributed by atoms with Crippen LogP contribution in [0.3, 0.4) is 0 Å². The molecule has 1 fully saturated rings. The molecule has 2 amide bonds. The molecule has 10 heteroatoms. The maximum absolute atomic E-state index is 12.5. The van der Waals surface area contributed by atoms with Gasteiger partial charge in [0.1, 0.15) is 5.25 Å². The summed E-state index contributed by atoms with van der Waals surface area (Å²) < 4.78 is 0. The predicted octanol–water partition coefficient (Wildman–Crippen LogP) is 4.28. The zero-order valence-corrected chi connectivity index (χ0v) is 17.4. The Morgan fingerprint density at radius 2 is 1.79 bits per heavy atom. The molecule has 1 atom stereocenters. The Kier molecular flexibility index (Phi) is 6.46. The predicted molar refractivity (Wildman–Crippen MR) is 114 cm³/mol. The van der Waals surface area contributed by atoms with Crippen molar-refractivity contribution in [2.45, 2.75) is 11.7 Å². The van der Waals surface area contributed by atoms with Crippen molar-refractivity contribution in [3.63, 3.8) is 0 Å². The summed E-state index contributed by atoms with van der Waals surface area (Å²) in [5.74, 6) is -1.65. The second-order valence-corrected chi connectivity index (χ2v) is 8.20. The Morgan fingerprint density at radius 1 is 1.17 bits per heavy atom. The van der Waals surface area contributed by atoms with Crippen LogP contribution in [0.5, 0.6) is 0 Å². The summed E-state index contributed by atoms with van der Waals surface area (Å²) in [6.45, 7) is 0. The molecular formula is C19H15Cl2N3O4S. The fourth-order valence-electron chi connectivity index (χ4n) is 2.59. The maximum atomic E-state index is 12.5. The zero-order chi connectivity index (χ0) is 21.1. The van der Waals surface area contributed by atoms with E-state index in [4.69, 9.17) is 28.3 Å². The van der Waals surface area contributed by atoms with Crippen LogP contribution in [0.1, 0.15) is 16.8 Å². The lowest BCUT2D eigenvalue weighted by Crippen LogP contribution is -2.30. The minimum Gasteiger partial charge on any atom is -0.478 e. The van der Waals surface area contributed by atoms with E-state index in [9.17, 15) is 14.4 Å². The SMILES string of the molecule is CN1C(=O)C(CC(=O)Nc2ccc(C(=O)O)cc2)SC1=Nc1cc(Cl)cc(Cl)c1. The maximum Gasteiger partial charge on any atom is 0.335 e. The summed E-state index contributed by atoms with van der Waals surface area (Å²) >= 11 is 13.1. The third-order valence-corrected chi connectivity index (χ3v) is 5.66. The lowest BCUT2D eigenvalue weighted by atomic mass is 10.2. The van der Waals surface area contributed by atoms with Gasteiger partial charge in [0.05, 0.1) is 11.3 Å². The molecule has 7 nitrogen and oxygen atoms in total. The number of nitrogens with one attached hydrogen (secondary N) is 1. The van der Waals surface area contributed by atoms with E-state index in [1.807, 2.05) is 0 Å². The van der Waals surface area contributed by atoms with Crippen LogP contribution in [0, 0.1) is 0 Å². The third kappa shape index (κ3) is 5.29. The zero-order valence-electron chi connectivity index (χ0n) is 15.1. The molecule has 2 N–H and O–H groups in total. The van der Waals surface area contributed by atoms with Gasteiger partial charge in [-0.2, -0.15) is 0 Å². The molecule has 150 valence electrons. The third-order valence-electron chi connectivity index (χ3n) is 4.00. The summed E-state index contributed by atoms with van der Waals surface area (Å²) in [6, 6.07) is 10.6. The number of hydrogen-bond acceptors (Lipinski definition) is 5. The quantitative estimate of drug-likeness (QED) is 0.706. The van der Waals surface area contributed by atoms with Gasteiger partial charge < -0.3 is 10.4 Å². The molecule has 1 aliphatic heterocycles. The Hall–Kier alpha value is -2.55. The molecule has 0 spiro atoms. The lowest BCUT2D eigenvalue weighted by molar-refractivity contribution is -0.127. The number of carbonyl (C=O) groups excluding carboxylic acids is 2. The number of anilines is 1. The minimum atomic E-state index is -1.05. The van der Waals surface area contributed by atoms with Crippen molar-refractivity contribution in [2.75, 3.05) is 12.4 Å². The van der Waals surface area contributed by atoms with Crippen molar-refractivity contribution in [1.82, 2.24) is 4.90 Å². The molecule has 0 saturated carbocycles. The number of rotatable bonds is 5. The molecule has 2 aromatic carbocycles. The van der Waals surface area contributed by atoms with Gasteiger partial charge in [0, 0.05) is 29.2 Å². The molecule has 1 heterocycles. The van der Waals surface area contributed by atoms with Crippen molar-refractivity contribution >= 4 is 69.3 Å². The van der Waals surface area contributed by atoms with Crippen LogP contribution in [0.25, 0.3) is 0 Å². The number of amidine groups is 1. The number of hydrogen-bond donors (Lipinski definition) is 2. The number of nitrogens with zero attached hydrogens (tertiary/aromatic N) is 2. The molecule has 0 aliphatic carbocycles. The number of aromatic carboxylic acids is 1. The number of benzene rings is 2. The van der Waals surface area contributed by atoms with Gasteiger partial charge in [0.25, 0.3) is 0 Å². The molecule has 1 aliphatic rings. The summed E-state index contributed by atoms with van der Waals surface area (Å²) in [4.78, 5) is 41.4.